The number of ketones is 1. The number of nitrogens with zero attached hydrogens (tertiary/aromatic N) is 1. The molecule has 24 heavy (non-hydrogen) atoms. The molecule has 0 aliphatic carbocycles. The molecule has 0 bridgehead atoms. The number of halogens is 1. The van der Waals surface area contributed by atoms with E-state index >= 15 is 0 Å². The van der Waals surface area contributed by atoms with E-state index in [4.69, 9.17) is 25.6 Å². The van der Waals surface area contributed by atoms with Gasteiger partial charge in [-0.3, -0.25) is 4.79 Å². The Morgan fingerprint density at radius 2 is 2.04 bits per heavy atom. The molecule has 0 unspecified atom stereocenters. The molecule has 0 saturated heterocycles. The summed E-state index contributed by atoms with van der Waals surface area (Å²) in [6.45, 7) is 1.97. The van der Waals surface area contributed by atoms with Gasteiger partial charge in [0.1, 0.15) is 17.3 Å². The van der Waals surface area contributed by atoms with E-state index in [9.17, 15) is 13.2 Å². The van der Waals surface area contributed by atoms with Gasteiger partial charge in [0, 0.05) is 25.0 Å². The molecule has 1 aromatic heterocycles. The molecule has 7 nitrogen and oxygen atoms in total. The third-order valence-electron chi connectivity index (χ3n) is 3.10. The number of aryl methyl sites for hydroxylation is 1. The lowest BCUT2D eigenvalue weighted by Gasteiger charge is -2.14. The Morgan fingerprint density at radius 1 is 1.33 bits per heavy atom. The standard InChI is InChI=1S/C15H16ClNO6S/c1-9-8-11(17-23-9)14(18)10-4-5-12(24(3,19)20)15(13(10)16)22-7-6-21-2/h4-5,8H,6-7H2,1-3H3. The third kappa shape index (κ3) is 3.95. The van der Waals surface area contributed by atoms with Crippen molar-refractivity contribution in [2.45, 2.75) is 11.8 Å². The predicted molar refractivity (Wildman–Crippen MR) is 86.6 cm³/mol. The second-order valence-electron chi connectivity index (χ2n) is 5.02. The summed E-state index contributed by atoms with van der Waals surface area (Å²) in [7, 11) is -2.11. The zero-order valence-electron chi connectivity index (χ0n) is 13.3. The lowest BCUT2D eigenvalue weighted by atomic mass is 10.1. The summed E-state index contributed by atoms with van der Waals surface area (Å²) in [5, 5.41) is 3.55. The van der Waals surface area contributed by atoms with Crippen LogP contribution < -0.4 is 4.74 Å². The first-order chi connectivity index (χ1) is 11.3. The van der Waals surface area contributed by atoms with Gasteiger partial charge in [0.15, 0.2) is 21.3 Å². The van der Waals surface area contributed by atoms with Crippen LogP contribution in [0.25, 0.3) is 0 Å². The Labute approximate surface area is 144 Å². The zero-order valence-corrected chi connectivity index (χ0v) is 14.9. The fraction of sp³-hybridized carbons (Fsp3) is 0.333. The summed E-state index contributed by atoms with van der Waals surface area (Å²) in [5.74, 6) is -0.102. The average Bonchev–Trinajstić information content (AvgIpc) is 2.93. The molecule has 1 aromatic carbocycles. The number of hydrogen-bond donors (Lipinski definition) is 0. The van der Waals surface area contributed by atoms with Gasteiger partial charge in [-0.15, -0.1) is 0 Å². The van der Waals surface area contributed by atoms with E-state index in [1.165, 1.54) is 25.3 Å². The van der Waals surface area contributed by atoms with E-state index in [0.29, 0.717) is 5.76 Å². The van der Waals surface area contributed by atoms with Gasteiger partial charge in [-0.2, -0.15) is 0 Å². The predicted octanol–water partition coefficient (Wildman–Crippen LogP) is 2.30. The summed E-state index contributed by atoms with van der Waals surface area (Å²) in [4.78, 5) is 12.4. The molecule has 0 fully saturated rings. The number of hydrogen-bond acceptors (Lipinski definition) is 7. The highest BCUT2D eigenvalue weighted by molar-refractivity contribution is 7.90. The van der Waals surface area contributed by atoms with Gasteiger partial charge in [-0.05, 0) is 19.1 Å². The van der Waals surface area contributed by atoms with Crippen molar-refractivity contribution in [2.75, 3.05) is 26.6 Å². The van der Waals surface area contributed by atoms with Crippen LogP contribution in [0.3, 0.4) is 0 Å². The quantitative estimate of drug-likeness (QED) is 0.542. The topological polar surface area (TPSA) is 95.7 Å². The third-order valence-corrected chi connectivity index (χ3v) is 4.60. The summed E-state index contributed by atoms with van der Waals surface area (Å²) in [5.41, 5.74) is 0.147. The Hall–Kier alpha value is -1.90. The first kappa shape index (κ1) is 18.4. The van der Waals surface area contributed by atoms with Gasteiger partial charge < -0.3 is 14.0 Å². The van der Waals surface area contributed by atoms with Crippen LogP contribution in [0.2, 0.25) is 5.02 Å². The fourth-order valence-electron chi connectivity index (χ4n) is 1.98. The van der Waals surface area contributed by atoms with E-state index in [1.54, 1.807) is 6.92 Å². The molecule has 0 radical (unpaired) electrons. The van der Waals surface area contributed by atoms with Gasteiger partial charge >= 0.3 is 0 Å². The van der Waals surface area contributed by atoms with Crippen molar-refractivity contribution in [3.63, 3.8) is 0 Å². The number of rotatable bonds is 7. The highest BCUT2D eigenvalue weighted by Crippen LogP contribution is 2.36. The largest absolute Gasteiger partial charge is 0.488 e. The van der Waals surface area contributed by atoms with Crippen molar-refractivity contribution in [1.82, 2.24) is 5.16 Å². The SMILES string of the molecule is COCCOc1c(S(C)(=O)=O)ccc(C(=O)c2cc(C)on2)c1Cl. The molecule has 0 aliphatic heterocycles. The first-order valence-corrected chi connectivity index (χ1v) is 9.15. The normalized spacial score (nSPS) is 11.5. The number of carbonyl (C=O) groups is 1. The minimum Gasteiger partial charge on any atom is -0.488 e. The minimum atomic E-state index is -3.59. The van der Waals surface area contributed by atoms with Crippen molar-refractivity contribution in [3.8, 4) is 5.75 Å². The Balaban J connectivity index is 2.51. The molecule has 0 atom stereocenters. The minimum absolute atomic E-state index is 0.0735. The number of benzene rings is 1. The maximum atomic E-state index is 12.5. The highest BCUT2D eigenvalue weighted by atomic mass is 35.5. The fourth-order valence-corrected chi connectivity index (χ4v) is 3.15. The van der Waals surface area contributed by atoms with Gasteiger partial charge in [-0.1, -0.05) is 16.8 Å². The Morgan fingerprint density at radius 3 is 2.58 bits per heavy atom. The van der Waals surface area contributed by atoms with Crippen LogP contribution in [0, 0.1) is 6.92 Å². The average molecular weight is 374 g/mol. The van der Waals surface area contributed by atoms with E-state index in [-0.39, 0.29) is 40.1 Å². The smallest absolute Gasteiger partial charge is 0.216 e. The molecule has 1 heterocycles. The number of ether oxygens (including phenoxy) is 2. The van der Waals surface area contributed by atoms with Crippen molar-refractivity contribution >= 4 is 27.2 Å². The van der Waals surface area contributed by atoms with Gasteiger partial charge in [0.2, 0.25) is 5.78 Å². The molecule has 130 valence electrons. The monoisotopic (exact) mass is 373 g/mol. The molecule has 0 amide bonds. The van der Waals surface area contributed by atoms with Crippen LogP contribution >= 0.6 is 11.6 Å². The maximum absolute atomic E-state index is 12.5. The summed E-state index contributed by atoms with van der Waals surface area (Å²) >= 11 is 6.24. The number of carbonyl (C=O) groups excluding carboxylic acids is 1. The second-order valence-corrected chi connectivity index (χ2v) is 7.38. The molecule has 2 rings (SSSR count). The Bertz CT molecular complexity index is 859. The second kappa shape index (κ2) is 7.33. The van der Waals surface area contributed by atoms with E-state index in [2.05, 4.69) is 5.16 Å². The van der Waals surface area contributed by atoms with Crippen LogP contribution in [-0.4, -0.2) is 45.9 Å². The maximum Gasteiger partial charge on any atom is 0.216 e. The molecule has 0 saturated carbocycles. The molecule has 0 N–H and O–H groups in total. The Kier molecular flexibility index (Phi) is 5.63. The molecule has 0 spiro atoms. The molecular formula is C15H16ClNO6S. The summed E-state index contributed by atoms with van der Waals surface area (Å²) in [6.07, 6.45) is 1.03. The summed E-state index contributed by atoms with van der Waals surface area (Å²) < 4.78 is 39.0. The number of sulfone groups is 1. The van der Waals surface area contributed by atoms with Crippen LogP contribution in [0.5, 0.6) is 5.75 Å². The van der Waals surface area contributed by atoms with E-state index < -0.39 is 15.6 Å². The van der Waals surface area contributed by atoms with Crippen LogP contribution in [0.4, 0.5) is 0 Å². The highest BCUT2D eigenvalue weighted by Gasteiger charge is 2.25. The van der Waals surface area contributed by atoms with Crippen molar-refractivity contribution < 1.29 is 27.2 Å². The van der Waals surface area contributed by atoms with Gasteiger partial charge in [0.25, 0.3) is 0 Å². The lowest BCUT2D eigenvalue weighted by molar-refractivity contribution is 0.102. The van der Waals surface area contributed by atoms with Crippen molar-refractivity contribution in [3.05, 3.63) is 40.2 Å². The van der Waals surface area contributed by atoms with E-state index in [1.807, 2.05) is 0 Å². The number of aromatic nitrogens is 1. The van der Waals surface area contributed by atoms with E-state index in [0.717, 1.165) is 6.26 Å². The van der Waals surface area contributed by atoms with Gasteiger partial charge in [0.05, 0.1) is 11.6 Å². The molecule has 0 aliphatic rings. The lowest BCUT2D eigenvalue weighted by Crippen LogP contribution is -2.11. The molecule has 2 aromatic rings. The zero-order chi connectivity index (χ0) is 17.9. The summed E-state index contributed by atoms with van der Waals surface area (Å²) in [6, 6.07) is 4.08. The first-order valence-electron chi connectivity index (χ1n) is 6.88. The van der Waals surface area contributed by atoms with Crippen molar-refractivity contribution in [1.29, 1.82) is 0 Å². The van der Waals surface area contributed by atoms with Crippen molar-refractivity contribution in [2.24, 2.45) is 0 Å². The molecule has 9 heteroatoms. The molecular weight excluding hydrogens is 358 g/mol. The van der Waals surface area contributed by atoms with Crippen LogP contribution in [0.15, 0.2) is 27.6 Å². The number of methoxy groups -OCH3 is 1. The van der Waals surface area contributed by atoms with Gasteiger partial charge in [-0.25, -0.2) is 8.42 Å². The van der Waals surface area contributed by atoms with Crippen LogP contribution in [-0.2, 0) is 14.6 Å². The van der Waals surface area contributed by atoms with Crippen LogP contribution in [0.1, 0.15) is 21.8 Å².